The van der Waals surface area contributed by atoms with E-state index in [1.54, 1.807) is 20.8 Å². The molecule has 0 bridgehead atoms. The molecule has 4 aliphatic carbocycles. The largest absolute Gasteiger partial charge is 0.462 e. The van der Waals surface area contributed by atoms with Crippen molar-refractivity contribution < 1.29 is 24.5 Å². The van der Waals surface area contributed by atoms with E-state index in [-0.39, 0.29) is 40.7 Å². The van der Waals surface area contributed by atoms with Crippen molar-refractivity contribution in [1.82, 2.24) is 16.0 Å². The Labute approximate surface area is 298 Å². The Morgan fingerprint density at radius 1 is 0.857 bits per heavy atom. The number of carbonyl (C=O) groups is 2. The second kappa shape index (κ2) is 18.6. The zero-order valence-electron chi connectivity index (χ0n) is 32.0. The maximum Gasteiger partial charge on any atom is 0.316 e. The molecule has 0 amide bonds. The number of rotatable bonds is 20. The Morgan fingerprint density at radius 3 is 2.20 bits per heavy atom. The van der Waals surface area contributed by atoms with Gasteiger partial charge in [0.05, 0.1) is 18.3 Å². The summed E-state index contributed by atoms with van der Waals surface area (Å²) in [5, 5.41) is 34.8. The number of nitrogens with one attached hydrogen (secondary N) is 3. The average Bonchev–Trinajstić information content (AvgIpc) is 3.42. The maximum atomic E-state index is 12.9. The zero-order chi connectivity index (χ0) is 35.8. The molecule has 5 unspecified atom stereocenters. The van der Waals surface area contributed by atoms with Gasteiger partial charge in [-0.3, -0.25) is 9.59 Å². The average molecular weight is 691 g/mol. The van der Waals surface area contributed by atoms with E-state index in [1.165, 1.54) is 19.3 Å². The van der Waals surface area contributed by atoms with E-state index < -0.39 is 18.0 Å². The minimum atomic E-state index is -0.740. The van der Waals surface area contributed by atoms with Gasteiger partial charge in [-0.05, 0) is 183 Å². The van der Waals surface area contributed by atoms with Crippen LogP contribution in [0.15, 0.2) is 0 Å². The van der Waals surface area contributed by atoms with Gasteiger partial charge in [0.25, 0.3) is 0 Å². The molecule has 0 spiro atoms. The van der Waals surface area contributed by atoms with Crippen LogP contribution in [0.1, 0.15) is 125 Å². The van der Waals surface area contributed by atoms with Crippen molar-refractivity contribution in [2.45, 2.75) is 149 Å². The number of fused-ring (bicyclic) bond motifs is 5. The molecule has 4 saturated carbocycles. The van der Waals surface area contributed by atoms with Crippen LogP contribution in [-0.4, -0.2) is 85.6 Å². The number of carbonyl (C=O) groups excluding carboxylic acids is 2. The molecule has 9 heteroatoms. The second-order valence-electron chi connectivity index (χ2n) is 17.4. The van der Waals surface area contributed by atoms with E-state index in [0.717, 1.165) is 90.6 Å². The van der Waals surface area contributed by atoms with Crippen LogP contribution in [0.2, 0.25) is 0 Å². The standard InChI is InChI=1S/C40H74N4O5/c1-26(2)49-38(48)28(4)34(45)14-11-27(3)31-12-13-32-37-33(25-36(47)40(31,32)6)39(5)16-15-30(23-29(39)24-35(37)46)44-22-10-21-43-19-8-7-18-42-20-9-17-41/h26-33,35-37,42-44,46-47H,7-25,41H2,1-6H3/t27-,28?,29-,30+,31-,32?,33?,35-,36?,37?,39+,40-/m1/s1. The van der Waals surface area contributed by atoms with Gasteiger partial charge in [0.1, 0.15) is 11.7 Å². The highest BCUT2D eigenvalue weighted by Crippen LogP contribution is 2.68. The Hall–Kier alpha value is -1.10. The predicted molar refractivity (Wildman–Crippen MR) is 197 cm³/mol. The molecule has 0 aromatic heterocycles. The van der Waals surface area contributed by atoms with Gasteiger partial charge in [-0.1, -0.05) is 20.8 Å². The van der Waals surface area contributed by atoms with Crippen LogP contribution >= 0.6 is 0 Å². The molecule has 0 saturated heterocycles. The van der Waals surface area contributed by atoms with Crippen molar-refractivity contribution >= 4 is 11.8 Å². The first-order valence-electron chi connectivity index (χ1n) is 20.3. The number of aliphatic hydroxyl groups is 2. The highest BCUT2D eigenvalue weighted by Gasteiger charge is 2.65. The topological polar surface area (TPSA) is 146 Å². The number of unbranched alkanes of at least 4 members (excludes halogenated alkanes) is 1. The lowest BCUT2D eigenvalue weighted by Gasteiger charge is -2.63. The van der Waals surface area contributed by atoms with Gasteiger partial charge >= 0.3 is 5.97 Å². The summed E-state index contributed by atoms with van der Waals surface area (Å²) in [6.45, 7) is 18.3. The van der Waals surface area contributed by atoms with E-state index in [4.69, 9.17) is 10.5 Å². The number of nitrogens with two attached hydrogens (primary N) is 1. The molecule has 284 valence electrons. The molecule has 9 nitrogen and oxygen atoms in total. The molecule has 12 atom stereocenters. The van der Waals surface area contributed by atoms with E-state index in [2.05, 4.69) is 36.7 Å². The first kappa shape index (κ1) is 40.7. The summed E-state index contributed by atoms with van der Waals surface area (Å²) in [7, 11) is 0. The van der Waals surface area contributed by atoms with E-state index in [9.17, 15) is 19.8 Å². The lowest BCUT2D eigenvalue weighted by molar-refractivity contribution is -0.202. The second-order valence-corrected chi connectivity index (χ2v) is 17.4. The zero-order valence-corrected chi connectivity index (χ0v) is 32.0. The molecule has 4 aliphatic rings. The predicted octanol–water partition coefficient (Wildman–Crippen LogP) is 4.82. The van der Waals surface area contributed by atoms with Gasteiger partial charge in [-0.2, -0.15) is 0 Å². The van der Waals surface area contributed by atoms with Crippen molar-refractivity contribution in [3.05, 3.63) is 0 Å². The fourth-order valence-corrected chi connectivity index (χ4v) is 11.1. The maximum absolute atomic E-state index is 12.9. The monoisotopic (exact) mass is 691 g/mol. The SMILES string of the molecule is CC(C)OC(=O)C(C)C(=O)CC[C@@H](C)[C@H]1CCC2C3C(CC(O)[C@@]21C)[C@@]1(C)CC[C@H](NCCCNCCCCNCCCN)C[C@@H]1C[C@H]3O. The van der Waals surface area contributed by atoms with Crippen LogP contribution in [0.25, 0.3) is 0 Å². The Morgan fingerprint density at radius 2 is 1.53 bits per heavy atom. The smallest absolute Gasteiger partial charge is 0.316 e. The van der Waals surface area contributed by atoms with Gasteiger partial charge < -0.3 is 36.6 Å². The third kappa shape index (κ3) is 9.67. The number of esters is 1. The molecule has 49 heavy (non-hydrogen) atoms. The molecule has 7 N–H and O–H groups in total. The van der Waals surface area contributed by atoms with Crippen molar-refractivity contribution in [2.24, 2.45) is 58.0 Å². The van der Waals surface area contributed by atoms with Crippen LogP contribution < -0.4 is 21.7 Å². The summed E-state index contributed by atoms with van der Waals surface area (Å²) in [4.78, 5) is 25.2. The number of hydrogen-bond donors (Lipinski definition) is 6. The van der Waals surface area contributed by atoms with Gasteiger partial charge in [-0.25, -0.2) is 0 Å². The normalized spacial score (nSPS) is 36.9. The first-order chi connectivity index (χ1) is 23.3. The summed E-state index contributed by atoms with van der Waals surface area (Å²) in [6, 6.07) is 0.509. The first-order valence-corrected chi connectivity index (χ1v) is 20.3. The van der Waals surface area contributed by atoms with Crippen molar-refractivity contribution in [2.75, 3.05) is 39.3 Å². The number of aliphatic hydroxyl groups excluding tert-OH is 2. The summed E-state index contributed by atoms with van der Waals surface area (Å²) >= 11 is 0. The van der Waals surface area contributed by atoms with E-state index in [0.29, 0.717) is 42.6 Å². The van der Waals surface area contributed by atoms with Crippen molar-refractivity contribution in [3.63, 3.8) is 0 Å². The lowest BCUT2D eigenvalue weighted by atomic mass is 9.43. The van der Waals surface area contributed by atoms with Gasteiger partial charge in [0.2, 0.25) is 0 Å². The van der Waals surface area contributed by atoms with Crippen LogP contribution in [0.3, 0.4) is 0 Å². The minimum Gasteiger partial charge on any atom is -0.462 e. The van der Waals surface area contributed by atoms with Crippen molar-refractivity contribution in [3.8, 4) is 0 Å². The molecule has 0 aromatic carbocycles. The van der Waals surface area contributed by atoms with Crippen LogP contribution in [0, 0.1) is 52.3 Å². The third-order valence-corrected chi connectivity index (χ3v) is 14.1. The highest BCUT2D eigenvalue weighted by atomic mass is 16.5. The van der Waals surface area contributed by atoms with Crippen molar-refractivity contribution in [1.29, 1.82) is 0 Å². The number of hydrogen-bond acceptors (Lipinski definition) is 9. The number of ketones is 1. The lowest BCUT2D eigenvalue weighted by Crippen LogP contribution is -2.62. The minimum absolute atomic E-state index is 0.0568. The molecule has 4 rings (SSSR count). The Balaban J connectivity index is 1.24. The molecule has 4 fully saturated rings. The van der Waals surface area contributed by atoms with Gasteiger partial charge in [-0.15, -0.1) is 0 Å². The van der Waals surface area contributed by atoms with Gasteiger partial charge in [0.15, 0.2) is 0 Å². The fraction of sp³-hybridized carbons (Fsp3) is 0.950. The third-order valence-electron chi connectivity index (χ3n) is 14.1. The summed E-state index contributed by atoms with van der Waals surface area (Å²) < 4.78 is 5.28. The van der Waals surface area contributed by atoms with E-state index in [1.807, 2.05) is 0 Å². The van der Waals surface area contributed by atoms with Gasteiger partial charge in [0, 0.05) is 12.5 Å². The van der Waals surface area contributed by atoms with Crippen LogP contribution in [-0.2, 0) is 14.3 Å². The molecule has 0 heterocycles. The fourth-order valence-electron chi connectivity index (χ4n) is 11.1. The number of ether oxygens (including phenoxy) is 1. The summed E-state index contributed by atoms with van der Waals surface area (Å²) in [5.74, 6) is 0.685. The Kier molecular flexibility index (Phi) is 15.4. The number of Topliss-reactive ketones (excluding diaryl/α,β-unsaturated/α-hetero) is 1. The molecular formula is C40H74N4O5. The molecular weight excluding hydrogens is 616 g/mol. The molecule has 0 radical (unpaired) electrons. The Bertz CT molecular complexity index is 1040. The summed E-state index contributed by atoms with van der Waals surface area (Å²) in [5.41, 5.74) is 5.43. The van der Waals surface area contributed by atoms with Crippen LogP contribution in [0.5, 0.6) is 0 Å². The van der Waals surface area contributed by atoms with Crippen LogP contribution in [0.4, 0.5) is 0 Å². The van der Waals surface area contributed by atoms with E-state index >= 15 is 0 Å². The quantitative estimate of drug-likeness (QED) is 0.0602. The molecule has 0 aliphatic heterocycles. The summed E-state index contributed by atoms with van der Waals surface area (Å²) in [6.07, 6.45) is 11.9. The highest BCUT2D eigenvalue weighted by molar-refractivity contribution is 5.98. The molecule has 0 aromatic rings.